The fourth-order valence-electron chi connectivity index (χ4n) is 4.29. The summed E-state index contributed by atoms with van der Waals surface area (Å²) < 4.78 is 7.53. The fraction of sp³-hybridized carbons (Fsp3) is 0.520. The van der Waals surface area contributed by atoms with Crippen LogP contribution in [0.3, 0.4) is 0 Å². The third kappa shape index (κ3) is 6.00. The van der Waals surface area contributed by atoms with Gasteiger partial charge in [0.05, 0.1) is 30.1 Å². The summed E-state index contributed by atoms with van der Waals surface area (Å²) in [4.78, 5) is 29.1. The van der Waals surface area contributed by atoms with Crippen molar-refractivity contribution in [3.63, 3.8) is 0 Å². The molecular formula is C25H34N4O4. The van der Waals surface area contributed by atoms with E-state index in [2.05, 4.69) is 42.7 Å². The molecule has 33 heavy (non-hydrogen) atoms. The van der Waals surface area contributed by atoms with E-state index in [4.69, 9.17) is 9.51 Å². The number of hydrogen-bond acceptors (Lipinski definition) is 5. The molecule has 2 heterocycles. The molecular weight excluding hydrogens is 420 g/mol. The van der Waals surface area contributed by atoms with Gasteiger partial charge in [-0.2, -0.15) is 0 Å². The number of carboxylic acids is 1. The van der Waals surface area contributed by atoms with Crippen molar-refractivity contribution in [2.45, 2.75) is 78.3 Å². The van der Waals surface area contributed by atoms with Gasteiger partial charge < -0.3 is 19.5 Å². The van der Waals surface area contributed by atoms with Gasteiger partial charge in [-0.3, -0.25) is 9.59 Å². The zero-order valence-electron chi connectivity index (χ0n) is 19.9. The molecule has 0 bridgehead atoms. The van der Waals surface area contributed by atoms with Crippen molar-refractivity contribution in [1.82, 2.24) is 20.0 Å². The van der Waals surface area contributed by atoms with Crippen molar-refractivity contribution in [3.05, 3.63) is 47.6 Å². The first kappa shape index (κ1) is 24.5. The Morgan fingerprint density at radius 3 is 2.52 bits per heavy atom. The van der Waals surface area contributed by atoms with Crippen molar-refractivity contribution < 1.29 is 19.2 Å². The second-order valence-electron chi connectivity index (χ2n) is 8.74. The average Bonchev–Trinajstić information content (AvgIpc) is 3.42. The minimum absolute atomic E-state index is 0.0943. The number of carbonyl (C=O) groups is 2. The zero-order chi connectivity index (χ0) is 24.0. The van der Waals surface area contributed by atoms with Crippen LogP contribution in [0.4, 0.5) is 0 Å². The Kier molecular flexibility index (Phi) is 8.25. The van der Waals surface area contributed by atoms with E-state index in [-0.39, 0.29) is 18.4 Å². The van der Waals surface area contributed by atoms with Crippen LogP contribution in [0.15, 0.2) is 35.0 Å². The molecule has 0 spiro atoms. The van der Waals surface area contributed by atoms with Crippen LogP contribution in [0.5, 0.6) is 0 Å². The molecule has 2 atom stereocenters. The van der Waals surface area contributed by atoms with Crippen LogP contribution < -0.4 is 5.32 Å². The zero-order valence-corrected chi connectivity index (χ0v) is 19.9. The molecule has 8 heteroatoms. The third-order valence-electron chi connectivity index (χ3n) is 6.30. The van der Waals surface area contributed by atoms with E-state index in [0.717, 1.165) is 41.9 Å². The van der Waals surface area contributed by atoms with E-state index >= 15 is 0 Å². The number of rotatable bonds is 12. The standard InChI is InChI=1S/C25H34N4O4/c1-5-16(4)12-18(14-24(30)31)27-25(32)17-8-9-22-21(13-17)28-23(15-20-10-11-26-33-20)29(22)19(6-2)7-3/h8-11,13,16,18-19H,5-7,12,14-15H2,1-4H3,(H,27,32)(H,30,31)/t16?,18-/m0/s1. The minimum Gasteiger partial charge on any atom is -0.481 e. The van der Waals surface area contributed by atoms with E-state index in [1.54, 1.807) is 18.3 Å². The van der Waals surface area contributed by atoms with Gasteiger partial charge in [-0.25, -0.2) is 4.98 Å². The number of aliphatic carboxylic acids is 1. The van der Waals surface area contributed by atoms with Crippen molar-refractivity contribution in [2.24, 2.45) is 5.92 Å². The molecule has 0 aliphatic carbocycles. The maximum absolute atomic E-state index is 13.0. The molecule has 1 aromatic carbocycles. The van der Waals surface area contributed by atoms with Gasteiger partial charge in [0.25, 0.3) is 5.91 Å². The lowest BCUT2D eigenvalue weighted by atomic mass is 9.97. The number of fused-ring (bicyclic) bond motifs is 1. The molecule has 0 saturated carbocycles. The van der Waals surface area contributed by atoms with Crippen LogP contribution in [0, 0.1) is 5.92 Å². The number of nitrogens with zero attached hydrogens (tertiary/aromatic N) is 3. The van der Waals surface area contributed by atoms with Gasteiger partial charge in [-0.15, -0.1) is 0 Å². The lowest BCUT2D eigenvalue weighted by molar-refractivity contribution is -0.137. The molecule has 0 radical (unpaired) electrons. The number of imidazole rings is 1. The summed E-state index contributed by atoms with van der Waals surface area (Å²) in [6.07, 6.45) is 5.51. The van der Waals surface area contributed by atoms with Crippen LogP contribution in [0.25, 0.3) is 11.0 Å². The molecule has 8 nitrogen and oxygen atoms in total. The number of aromatic nitrogens is 3. The molecule has 2 N–H and O–H groups in total. The molecule has 0 aliphatic heterocycles. The van der Waals surface area contributed by atoms with E-state index in [1.807, 2.05) is 12.1 Å². The molecule has 0 fully saturated rings. The molecule has 178 valence electrons. The maximum Gasteiger partial charge on any atom is 0.305 e. The average molecular weight is 455 g/mol. The highest BCUT2D eigenvalue weighted by Crippen LogP contribution is 2.28. The number of hydrogen-bond donors (Lipinski definition) is 2. The number of nitrogens with one attached hydrogen (secondary N) is 1. The number of carbonyl (C=O) groups excluding carboxylic acids is 1. The second kappa shape index (κ2) is 11.1. The van der Waals surface area contributed by atoms with Gasteiger partial charge in [0.1, 0.15) is 11.6 Å². The first-order chi connectivity index (χ1) is 15.9. The summed E-state index contributed by atoms with van der Waals surface area (Å²) in [5.74, 6) is 0.734. The van der Waals surface area contributed by atoms with Crippen LogP contribution >= 0.6 is 0 Å². The Bertz CT molecular complexity index is 1070. The van der Waals surface area contributed by atoms with Gasteiger partial charge in [0, 0.05) is 23.7 Å². The summed E-state index contributed by atoms with van der Waals surface area (Å²) in [5.41, 5.74) is 2.18. The van der Waals surface area contributed by atoms with Crippen LogP contribution in [-0.4, -0.2) is 37.7 Å². The summed E-state index contributed by atoms with van der Waals surface area (Å²) in [6.45, 7) is 8.43. The number of carboxylic acid groups (broad SMARTS) is 1. The SMILES string of the molecule is CCC(C)C[C@@H](CC(=O)O)NC(=O)c1ccc2c(c1)nc(Cc1ccno1)n2C(CC)CC. The Balaban J connectivity index is 1.91. The summed E-state index contributed by atoms with van der Waals surface area (Å²) in [5, 5.41) is 16.0. The van der Waals surface area contributed by atoms with E-state index in [1.165, 1.54) is 0 Å². The maximum atomic E-state index is 13.0. The summed E-state index contributed by atoms with van der Waals surface area (Å²) >= 11 is 0. The van der Waals surface area contributed by atoms with Gasteiger partial charge >= 0.3 is 5.97 Å². The predicted octanol–water partition coefficient (Wildman–Crippen LogP) is 4.99. The molecule has 3 rings (SSSR count). The smallest absolute Gasteiger partial charge is 0.305 e. The first-order valence-corrected chi connectivity index (χ1v) is 11.8. The molecule has 2 aromatic heterocycles. The van der Waals surface area contributed by atoms with Crippen LogP contribution in [0.1, 0.15) is 87.8 Å². The predicted molar refractivity (Wildman–Crippen MR) is 126 cm³/mol. The van der Waals surface area contributed by atoms with Crippen LogP contribution in [0.2, 0.25) is 0 Å². The van der Waals surface area contributed by atoms with Gasteiger partial charge in [-0.1, -0.05) is 39.3 Å². The van der Waals surface area contributed by atoms with E-state index < -0.39 is 12.0 Å². The van der Waals surface area contributed by atoms with Crippen molar-refractivity contribution in [1.29, 1.82) is 0 Å². The third-order valence-corrected chi connectivity index (χ3v) is 6.30. The van der Waals surface area contributed by atoms with Gasteiger partial charge in [0.2, 0.25) is 0 Å². The number of benzene rings is 1. The Morgan fingerprint density at radius 1 is 1.15 bits per heavy atom. The largest absolute Gasteiger partial charge is 0.481 e. The lowest BCUT2D eigenvalue weighted by Gasteiger charge is -2.20. The molecule has 0 aliphatic rings. The highest BCUT2D eigenvalue weighted by molar-refractivity contribution is 5.97. The summed E-state index contributed by atoms with van der Waals surface area (Å²) in [7, 11) is 0. The Morgan fingerprint density at radius 2 is 1.91 bits per heavy atom. The molecule has 3 aromatic rings. The lowest BCUT2D eigenvalue weighted by Crippen LogP contribution is -2.37. The minimum atomic E-state index is -0.917. The van der Waals surface area contributed by atoms with E-state index in [9.17, 15) is 14.7 Å². The first-order valence-electron chi connectivity index (χ1n) is 11.8. The Labute approximate surface area is 194 Å². The second-order valence-corrected chi connectivity index (χ2v) is 8.74. The van der Waals surface area contributed by atoms with Crippen molar-refractivity contribution in [2.75, 3.05) is 0 Å². The highest BCUT2D eigenvalue weighted by atomic mass is 16.5. The van der Waals surface area contributed by atoms with Gasteiger partial charge in [0.15, 0.2) is 0 Å². The Hall–Kier alpha value is -3.16. The summed E-state index contributed by atoms with van der Waals surface area (Å²) in [6, 6.07) is 7.20. The molecule has 1 amide bonds. The van der Waals surface area contributed by atoms with Crippen molar-refractivity contribution in [3.8, 4) is 0 Å². The highest BCUT2D eigenvalue weighted by Gasteiger charge is 2.22. The monoisotopic (exact) mass is 454 g/mol. The van der Waals surface area contributed by atoms with Crippen LogP contribution in [-0.2, 0) is 11.2 Å². The number of amides is 1. The normalized spacial score (nSPS) is 13.4. The topological polar surface area (TPSA) is 110 Å². The fourth-order valence-corrected chi connectivity index (χ4v) is 4.29. The molecule has 1 unspecified atom stereocenters. The molecule has 0 saturated heterocycles. The van der Waals surface area contributed by atoms with Gasteiger partial charge in [-0.05, 0) is 43.4 Å². The van der Waals surface area contributed by atoms with Crippen molar-refractivity contribution >= 4 is 22.9 Å². The quantitative estimate of drug-likeness (QED) is 0.399. The van der Waals surface area contributed by atoms with E-state index in [0.29, 0.717) is 24.3 Å².